The molecular weight excluding hydrogens is 213 g/mol. The summed E-state index contributed by atoms with van der Waals surface area (Å²) in [6.45, 7) is 0. The average Bonchev–Trinajstić information content (AvgIpc) is 2.10. The zero-order valence-corrected chi connectivity index (χ0v) is 8.32. The van der Waals surface area contributed by atoms with Crippen LogP contribution in [0.2, 0.25) is 10.0 Å². The summed E-state index contributed by atoms with van der Waals surface area (Å²) in [6.07, 6.45) is 0.536. The van der Waals surface area contributed by atoms with Gasteiger partial charge in [-0.05, 0) is 6.07 Å². The van der Waals surface area contributed by atoms with Crippen LogP contribution in [0.3, 0.4) is 0 Å². The van der Waals surface area contributed by atoms with Crippen LogP contribution in [0.15, 0.2) is 12.1 Å². The number of anilines is 1. The van der Waals surface area contributed by atoms with E-state index in [2.05, 4.69) is 5.32 Å². The first-order valence-electron chi connectivity index (χ1n) is 3.42. The maximum absolute atomic E-state index is 10.2. The first kappa shape index (κ1) is 10.2. The van der Waals surface area contributed by atoms with Crippen LogP contribution >= 0.6 is 23.2 Å². The average molecular weight is 220 g/mol. The van der Waals surface area contributed by atoms with E-state index in [0.29, 0.717) is 27.9 Å². The van der Waals surface area contributed by atoms with E-state index >= 15 is 0 Å². The molecule has 0 aliphatic carbocycles. The van der Waals surface area contributed by atoms with Gasteiger partial charge in [0.2, 0.25) is 6.41 Å². The van der Waals surface area contributed by atoms with Gasteiger partial charge in [-0.1, -0.05) is 23.2 Å². The number of nitrogens with one attached hydrogen (secondary N) is 1. The van der Waals surface area contributed by atoms with Gasteiger partial charge in [-0.15, -0.1) is 0 Å². The largest absolute Gasteiger partial charge is 0.495 e. The summed E-state index contributed by atoms with van der Waals surface area (Å²) in [5.74, 6) is 0.468. The van der Waals surface area contributed by atoms with Gasteiger partial charge in [0.15, 0.2) is 0 Å². The van der Waals surface area contributed by atoms with Crippen molar-refractivity contribution in [2.75, 3.05) is 12.4 Å². The lowest BCUT2D eigenvalue weighted by Crippen LogP contribution is -1.95. The van der Waals surface area contributed by atoms with Gasteiger partial charge in [-0.25, -0.2) is 0 Å². The predicted molar refractivity (Wildman–Crippen MR) is 52.7 cm³/mol. The van der Waals surface area contributed by atoms with Crippen molar-refractivity contribution in [3.8, 4) is 5.75 Å². The molecule has 0 bridgehead atoms. The van der Waals surface area contributed by atoms with Crippen molar-refractivity contribution in [2.45, 2.75) is 0 Å². The number of carbonyl (C=O) groups excluding carboxylic acids is 1. The van der Waals surface area contributed by atoms with E-state index in [9.17, 15) is 4.79 Å². The second-order valence-corrected chi connectivity index (χ2v) is 3.04. The standard InChI is InChI=1S/C8H7Cl2NO2/c1-13-8-3-7(11-4-12)5(9)2-6(8)10/h2-4H,1H3,(H,11,12). The van der Waals surface area contributed by atoms with Crippen molar-refractivity contribution in [1.82, 2.24) is 0 Å². The zero-order valence-electron chi connectivity index (χ0n) is 6.80. The normalized spacial score (nSPS) is 9.46. The number of carbonyl (C=O) groups is 1. The fraction of sp³-hybridized carbons (Fsp3) is 0.125. The minimum absolute atomic E-state index is 0.373. The van der Waals surface area contributed by atoms with Crippen LogP contribution in [0.4, 0.5) is 5.69 Å². The lowest BCUT2D eigenvalue weighted by atomic mass is 10.3. The number of rotatable bonds is 3. The molecule has 70 valence electrons. The van der Waals surface area contributed by atoms with Gasteiger partial charge in [0.05, 0.1) is 22.8 Å². The third-order valence-corrected chi connectivity index (χ3v) is 2.06. The van der Waals surface area contributed by atoms with E-state index in [0.717, 1.165) is 0 Å². The number of methoxy groups -OCH3 is 1. The Bertz CT molecular complexity index is 328. The maximum atomic E-state index is 10.2. The van der Waals surface area contributed by atoms with Crippen LogP contribution in [0.1, 0.15) is 0 Å². The van der Waals surface area contributed by atoms with Crippen LogP contribution in [0, 0.1) is 0 Å². The molecule has 0 radical (unpaired) electrons. The van der Waals surface area contributed by atoms with Crippen LogP contribution in [0.25, 0.3) is 0 Å². The molecule has 1 aromatic carbocycles. The lowest BCUT2D eigenvalue weighted by molar-refractivity contribution is -0.105. The molecule has 0 saturated heterocycles. The van der Waals surface area contributed by atoms with E-state index in [1.807, 2.05) is 0 Å². The Morgan fingerprint density at radius 1 is 1.38 bits per heavy atom. The van der Waals surface area contributed by atoms with Crippen molar-refractivity contribution in [2.24, 2.45) is 0 Å². The third-order valence-electron chi connectivity index (χ3n) is 1.46. The molecule has 0 aromatic heterocycles. The van der Waals surface area contributed by atoms with Crippen molar-refractivity contribution < 1.29 is 9.53 Å². The summed E-state index contributed by atoms with van der Waals surface area (Å²) >= 11 is 11.6. The van der Waals surface area contributed by atoms with Gasteiger partial charge in [0, 0.05) is 6.07 Å². The Hall–Kier alpha value is -0.930. The number of halogens is 2. The maximum Gasteiger partial charge on any atom is 0.211 e. The summed E-state index contributed by atoms with van der Waals surface area (Å²) in [4.78, 5) is 10.2. The highest BCUT2D eigenvalue weighted by Gasteiger charge is 2.06. The SMILES string of the molecule is COc1cc(NC=O)c(Cl)cc1Cl. The first-order valence-corrected chi connectivity index (χ1v) is 4.18. The van der Waals surface area contributed by atoms with Gasteiger partial charge in [0.1, 0.15) is 5.75 Å². The number of hydrogen-bond acceptors (Lipinski definition) is 2. The molecule has 0 fully saturated rings. The van der Waals surface area contributed by atoms with Crippen molar-refractivity contribution in [3.63, 3.8) is 0 Å². The fourth-order valence-corrected chi connectivity index (χ4v) is 1.37. The highest BCUT2D eigenvalue weighted by atomic mass is 35.5. The van der Waals surface area contributed by atoms with Crippen LogP contribution in [-0.2, 0) is 4.79 Å². The highest BCUT2D eigenvalue weighted by molar-refractivity contribution is 6.37. The van der Waals surface area contributed by atoms with E-state index < -0.39 is 0 Å². The van der Waals surface area contributed by atoms with Gasteiger partial charge in [-0.3, -0.25) is 4.79 Å². The Morgan fingerprint density at radius 2 is 2.08 bits per heavy atom. The van der Waals surface area contributed by atoms with Gasteiger partial charge in [0.25, 0.3) is 0 Å². The topological polar surface area (TPSA) is 38.3 Å². The van der Waals surface area contributed by atoms with Crippen LogP contribution in [-0.4, -0.2) is 13.5 Å². The predicted octanol–water partition coefficient (Wildman–Crippen LogP) is 2.57. The molecule has 0 heterocycles. The Morgan fingerprint density at radius 3 is 2.62 bits per heavy atom. The minimum atomic E-state index is 0.373. The zero-order chi connectivity index (χ0) is 9.84. The summed E-state index contributed by atoms with van der Waals surface area (Å²) in [5, 5.41) is 3.21. The van der Waals surface area contributed by atoms with Crippen molar-refractivity contribution in [3.05, 3.63) is 22.2 Å². The van der Waals surface area contributed by atoms with Crippen LogP contribution in [0.5, 0.6) is 5.75 Å². The summed E-state index contributed by atoms with van der Waals surface area (Å²) in [7, 11) is 1.49. The van der Waals surface area contributed by atoms with Crippen molar-refractivity contribution >= 4 is 35.3 Å². The second kappa shape index (κ2) is 4.35. The Balaban J connectivity index is 3.13. The van der Waals surface area contributed by atoms with E-state index in [1.54, 1.807) is 6.07 Å². The highest BCUT2D eigenvalue weighted by Crippen LogP contribution is 2.33. The number of ether oxygens (including phenoxy) is 1. The van der Waals surface area contributed by atoms with E-state index in [1.165, 1.54) is 13.2 Å². The molecule has 0 saturated carbocycles. The molecule has 3 nitrogen and oxygen atoms in total. The second-order valence-electron chi connectivity index (χ2n) is 2.23. The number of hydrogen-bond donors (Lipinski definition) is 1. The molecule has 0 aliphatic heterocycles. The number of benzene rings is 1. The molecule has 0 atom stereocenters. The monoisotopic (exact) mass is 219 g/mol. The molecule has 5 heteroatoms. The summed E-state index contributed by atoms with van der Waals surface area (Å²) in [5.41, 5.74) is 0.470. The van der Waals surface area contributed by atoms with Gasteiger partial charge in [-0.2, -0.15) is 0 Å². The smallest absolute Gasteiger partial charge is 0.211 e. The van der Waals surface area contributed by atoms with Gasteiger partial charge < -0.3 is 10.1 Å². The van der Waals surface area contributed by atoms with Gasteiger partial charge >= 0.3 is 0 Å². The Labute approximate surface area is 85.6 Å². The van der Waals surface area contributed by atoms with Crippen LogP contribution < -0.4 is 10.1 Å². The molecule has 1 rings (SSSR count). The lowest BCUT2D eigenvalue weighted by Gasteiger charge is -2.07. The molecule has 0 unspecified atom stereocenters. The minimum Gasteiger partial charge on any atom is -0.495 e. The summed E-state index contributed by atoms with van der Waals surface area (Å²) in [6, 6.07) is 3.06. The first-order chi connectivity index (χ1) is 6.19. The molecule has 1 aromatic rings. The molecular formula is C8H7Cl2NO2. The molecule has 13 heavy (non-hydrogen) atoms. The fourth-order valence-electron chi connectivity index (χ4n) is 0.860. The van der Waals surface area contributed by atoms with E-state index in [4.69, 9.17) is 27.9 Å². The molecule has 1 N–H and O–H groups in total. The molecule has 0 aliphatic rings. The quantitative estimate of drug-likeness (QED) is 0.795. The van der Waals surface area contributed by atoms with Crippen molar-refractivity contribution in [1.29, 1.82) is 0 Å². The van der Waals surface area contributed by atoms with E-state index in [-0.39, 0.29) is 0 Å². The molecule has 1 amide bonds. The number of amides is 1. The molecule has 0 spiro atoms. The third kappa shape index (κ3) is 2.26. The Kier molecular flexibility index (Phi) is 3.39. The summed E-state index contributed by atoms with van der Waals surface area (Å²) < 4.78 is 4.94.